The van der Waals surface area contributed by atoms with E-state index < -0.39 is 12.1 Å². The van der Waals surface area contributed by atoms with E-state index in [9.17, 15) is 22.4 Å². The third-order valence-electron chi connectivity index (χ3n) is 2.84. The van der Waals surface area contributed by atoms with Gasteiger partial charge < -0.3 is 20.9 Å². The quantitative estimate of drug-likeness (QED) is 0.718. The van der Waals surface area contributed by atoms with Gasteiger partial charge >= 0.3 is 12.1 Å². The summed E-state index contributed by atoms with van der Waals surface area (Å²) in [7, 11) is 0. The number of nitrogens with two attached hydrogens (primary N) is 1. The fraction of sp³-hybridized carbons (Fsp3) is 0.286. The minimum Gasteiger partial charge on any atom is -0.489 e. The number of halogens is 4. The number of hydrogen-bond acceptors (Lipinski definition) is 4. The van der Waals surface area contributed by atoms with Crippen LogP contribution in [0.2, 0.25) is 0 Å². The average Bonchev–Trinajstić information content (AvgIpc) is 2.89. The van der Waals surface area contributed by atoms with E-state index in [2.05, 4.69) is 5.32 Å². The van der Waals surface area contributed by atoms with Crippen molar-refractivity contribution in [3.8, 4) is 5.75 Å². The van der Waals surface area contributed by atoms with E-state index in [1.807, 2.05) is 0 Å². The maximum absolute atomic E-state index is 12.3. The van der Waals surface area contributed by atoms with Gasteiger partial charge in [-0.3, -0.25) is 4.79 Å². The minimum absolute atomic E-state index is 0.0714. The number of nitrogens with one attached hydrogen (secondary N) is 1. The Labute approximate surface area is 133 Å². The van der Waals surface area contributed by atoms with Crippen molar-refractivity contribution in [1.82, 2.24) is 5.32 Å². The molecule has 1 aliphatic heterocycles. The number of rotatable bonds is 4. The standard InChI is InChI=1S/C12H13FN2O2.C2HF3O2/c13-4-8(5-14)7-17-10-1-2-11-9(3-10)6-15-12(11)16;3-2(4,5)1(6)7/h1-4H,5-7,14H2,(H,15,16);(H,6,7). The Morgan fingerprint density at radius 3 is 2.54 bits per heavy atom. The van der Waals surface area contributed by atoms with Crippen LogP contribution in [0.1, 0.15) is 15.9 Å². The van der Waals surface area contributed by atoms with Crippen molar-refractivity contribution >= 4 is 11.9 Å². The molecule has 132 valence electrons. The van der Waals surface area contributed by atoms with E-state index in [1.54, 1.807) is 18.2 Å². The molecule has 0 radical (unpaired) electrons. The lowest BCUT2D eigenvalue weighted by Gasteiger charge is -2.08. The highest BCUT2D eigenvalue weighted by Crippen LogP contribution is 2.22. The molecule has 0 bridgehead atoms. The maximum Gasteiger partial charge on any atom is 0.490 e. The van der Waals surface area contributed by atoms with Gasteiger partial charge in [-0.1, -0.05) is 0 Å². The number of aliphatic carboxylic acids is 1. The summed E-state index contributed by atoms with van der Waals surface area (Å²) in [6, 6.07) is 5.17. The van der Waals surface area contributed by atoms with Crippen molar-refractivity contribution < 1.29 is 37.0 Å². The van der Waals surface area contributed by atoms with Crippen LogP contribution in [0.15, 0.2) is 30.1 Å². The van der Waals surface area contributed by atoms with Crippen LogP contribution in [0.4, 0.5) is 17.6 Å². The van der Waals surface area contributed by atoms with Crippen molar-refractivity contribution in [1.29, 1.82) is 0 Å². The predicted molar refractivity (Wildman–Crippen MR) is 75.0 cm³/mol. The Hall–Kier alpha value is -2.62. The molecule has 1 amide bonds. The van der Waals surface area contributed by atoms with Gasteiger partial charge in [0.25, 0.3) is 5.91 Å². The maximum atomic E-state index is 12.3. The number of carbonyl (C=O) groups is 2. The van der Waals surface area contributed by atoms with Gasteiger partial charge in [-0.05, 0) is 23.8 Å². The van der Waals surface area contributed by atoms with E-state index in [1.165, 1.54) is 0 Å². The van der Waals surface area contributed by atoms with Crippen LogP contribution in [0, 0.1) is 0 Å². The SMILES string of the molecule is NCC(=CF)COc1ccc2c(c1)CNC2=O.O=C(O)C(F)(F)F. The van der Waals surface area contributed by atoms with Gasteiger partial charge in [0.15, 0.2) is 0 Å². The lowest BCUT2D eigenvalue weighted by Crippen LogP contribution is -2.21. The van der Waals surface area contributed by atoms with Crippen LogP contribution in [0.25, 0.3) is 0 Å². The van der Waals surface area contributed by atoms with Crippen LogP contribution in [0.3, 0.4) is 0 Å². The molecular formula is C14H14F4N2O4. The Morgan fingerprint density at radius 1 is 1.42 bits per heavy atom. The molecule has 1 aromatic carbocycles. The molecule has 10 heteroatoms. The van der Waals surface area contributed by atoms with E-state index in [0.29, 0.717) is 29.8 Å². The number of alkyl halides is 3. The van der Waals surface area contributed by atoms with Crippen molar-refractivity contribution in [3.05, 3.63) is 41.2 Å². The molecule has 2 rings (SSSR count). The van der Waals surface area contributed by atoms with Gasteiger partial charge in [-0.2, -0.15) is 13.2 Å². The molecule has 0 unspecified atom stereocenters. The third-order valence-corrected chi connectivity index (χ3v) is 2.84. The molecule has 1 aliphatic rings. The topological polar surface area (TPSA) is 102 Å². The summed E-state index contributed by atoms with van der Waals surface area (Å²) < 4.78 is 49.4. The van der Waals surface area contributed by atoms with Gasteiger partial charge in [0, 0.05) is 24.2 Å². The summed E-state index contributed by atoms with van der Waals surface area (Å²) >= 11 is 0. The first-order chi connectivity index (χ1) is 11.2. The van der Waals surface area contributed by atoms with E-state index in [0.717, 1.165) is 5.56 Å². The summed E-state index contributed by atoms with van der Waals surface area (Å²) in [6.45, 7) is 0.753. The highest BCUT2D eigenvalue weighted by Gasteiger charge is 2.38. The first-order valence-corrected chi connectivity index (χ1v) is 6.51. The van der Waals surface area contributed by atoms with Crippen LogP contribution < -0.4 is 15.8 Å². The van der Waals surface area contributed by atoms with Crippen molar-refractivity contribution in [2.45, 2.75) is 12.7 Å². The number of ether oxygens (including phenoxy) is 1. The molecule has 0 saturated heterocycles. The molecule has 1 heterocycles. The van der Waals surface area contributed by atoms with Crippen LogP contribution >= 0.6 is 0 Å². The molecule has 0 spiro atoms. The minimum atomic E-state index is -5.08. The molecule has 0 fully saturated rings. The summed E-state index contributed by atoms with van der Waals surface area (Å²) in [5.74, 6) is -2.22. The van der Waals surface area contributed by atoms with Crippen molar-refractivity contribution in [3.63, 3.8) is 0 Å². The summed E-state index contributed by atoms with van der Waals surface area (Å²) in [5, 5.41) is 9.84. The fourth-order valence-electron chi connectivity index (χ4n) is 1.61. The largest absolute Gasteiger partial charge is 0.490 e. The molecule has 4 N–H and O–H groups in total. The van der Waals surface area contributed by atoms with Crippen molar-refractivity contribution in [2.24, 2.45) is 5.73 Å². The number of carboxylic acid groups (broad SMARTS) is 1. The highest BCUT2D eigenvalue weighted by molar-refractivity contribution is 5.98. The molecular weight excluding hydrogens is 336 g/mol. The lowest BCUT2D eigenvalue weighted by atomic mass is 10.1. The van der Waals surface area contributed by atoms with E-state index in [4.69, 9.17) is 20.4 Å². The zero-order chi connectivity index (χ0) is 18.3. The van der Waals surface area contributed by atoms with Gasteiger partial charge in [0.2, 0.25) is 0 Å². The van der Waals surface area contributed by atoms with E-state index in [-0.39, 0.29) is 19.1 Å². The molecule has 0 aliphatic carbocycles. The fourth-order valence-corrected chi connectivity index (χ4v) is 1.61. The molecule has 0 aromatic heterocycles. The zero-order valence-electron chi connectivity index (χ0n) is 12.2. The van der Waals surface area contributed by atoms with Gasteiger partial charge in [0.05, 0.1) is 6.33 Å². The summed E-state index contributed by atoms with van der Waals surface area (Å²) in [6.07, 6.45) is -4.63. The second-order valence-electron chi connectivity index (χ2n) is 4.56. The second-order valence-corrected chi connectivity index (χ2v) is 4.56. The Morgan fingerprint density at radius 2 is 2.04 bits per heavy atom. The molecule has 0 saturated carbocycles. The number of fused-ring (bicyclic) bond motifs is 1. The summed E-state index contributed by atoms with van der Waals surface area (Å²) in [5.41, 5.74) is 7.26. The van der Waals surface area contributed by atoms with Gasteiger partial charge in [-0.15, -0.1) is 0 Å². The van der Waals surface area contributed by atoms with Crippen LogP contribution in [-0.2, 0) is 11.3 Å². The normalized spacial score (nSPS) is 13.5. The molecule has 24 heavy (non-hydrogen) atoms. The number of hydrogen-bond donors (Lipinski definition) is 3. The smallest absolute Gasteiger partial charge is 0.489 e. The number of amides is 1. The Kier molecular flexibility index (Phi) is 6.71. The molecule has 6 nitrogen and oxygen atoms in total. The van der Waals surface area contributed by atoms with Crippen LogP contribution in [-0.4, -0.2) is 36.3 Å². The number of carboxylic acids is 1. The third kappa shape index (κ3) is 5.54. The average molecular weight is 350 g/mol. The molecule has 0 atom stereocenters. The number of benzene rings is 1. The van der Waals surface area contributed by atoms with Gasteiger partial charge in [0.1, 0.15) is 12.4 Å². The Balaban J connectivity index is 0.000000351. The Bertz CT molecular complexity index is 644. The number of carbonyl (C=O) groups excluding carboxylic acids is 1. The highest BCUT2D eigenvalue weighted by atomic mass is 19.4. The summed E-state index contributed by atoms with van der Waals surface area (Å²) in [4.78, 5) is 20.2. The monoisotopic (exact) mass is 350 g/mol. The van der Waals surface area contributed by atoms with Crippen LogP contribution in [0.5, 0.6) is 5.75 Å². The van der Waals surface area contributed by atoms with E-state index >= 15 is 0 Å². The first-order valence-electron chi connectivity index (χ1n) is 6.51. The second kappa shape index (κ2) is 8.29. The predicted octanol–water partition coefficient (Wildman–Crippen LogP) is 1.75. The van der Waals surface area contributed by atoms with Crippen molar-refractivity contribution in [2.75, 3.05) is 13.2 Å². The lowest BCUT2D eigenvalue weighted by molar-refractivity contribution is -0.192. The first kappa shape index (κ1) is 19.4. The molecule has 1 aromatic rings. The zero-order valence-corrected chi connectivity index (χ0v) is 12.2. The van der Waals surface area contributed by atoms with Gasteiger partial charge in [-0.25, -0.2) is 9.18 Å².